The van der Waals surface area contributed by atoms with Gasteiger partial charge in [0.05, 0.1) is 18.8 Å². The summed E-state index contributed by atoms with van der Waals surface area (Å²) in [6, 6.07) is 9.71. The van der Waals surface area contributed by atoms with E-state index in [-0.39, 0.29) is 42.8 Å². The van der Waals surface area contributed by atoms with E-state index < -0.39 is 0 Å². The molecule has 3 heterocycles. The lowest BCUT2D eigenvalue weighted by atomic mass is 9.92. The number of rotatable bonds is 2. The first-order valence-electron chi connectivity index (χ1n) is 14.1. The van der Waals surface area contributed by atoms with Gasteiger partial charge < -0.3 is 20.3 Å². The molecule has 2 aromatic rings. The molecule has 2 fully saturated rings. The molecule has 0 spiro atoms. The summed E-state index contributed by atoms with van der Waals surface area (Å²) in [7, 11) is 0. The van der Waals surface area contributed by atoms with Crippen LogP contribution in [0.15, 0.2) is 30.5 Å². The fraction of sp³-hybridized carbons (Fsp3) is 0.679. The second-order valence-corrected chi connectivity index (χ2v) is 10.9. The maximum Gasteiger partial charge on any atom is 0.276 e. The Morgan fingerprint density at radius 3 is 2.47 bits per heavy atom. The number of carbonyl (C=O) groups excluding carboxylic acids is 1. The van der Waals surface area contributed by atoms with Crippen molar-refractivity contribution in [2.75, 3.05) is 32.8 Å². The van der Waals surface area contributed by atoms with Gasteiger partial charge in [0, 0.05) is 18.6 Å². The van der Waals surface area contributed by atoms with Gasteiger partial charge in [-0.15, -0.1) is 29.9 Å². The number of aromatic nitrogens is 3. The summed E-state index contributed by atoms with van der Waals surface area (Å²) in [6.45, 7) is 4.04. The second kappa shape index (κ2) is 15.1. The number of halogens is 2. The zero-order valence-corrected chi connectivity index (χ0v) is 24.0. The van der Waals surface area contributed by atoms with Gasteiger partial charge in [-0.25, -0.2) is 4.68 Å². The summed E-state index contributed by atoms with van der Waals surface area (Å²) in [4.78, 5) is 18.1. The van der Waals surface area contributed by atoms with Crippen LogP contribution in [0.3, 0.4) is 0 Å². The number of amides is 1. The van der Waals surface area contributed by atoms with Gasteiger partial charge in [-0.2, -0.15) is 0 Å². The number of benzene rings is 1. The van der Waals surface area contributed by atoms with Crippen molar-refractivity contribution in [1.82, 2.24) is 24.8 Å². The Balaban J connectivity index is 0.00000200. The van der Waals surface area contributed by atoms with Crippen LogP contribution in [-0.4, -0.2) is 75.6 Å². The lowest BCUT2D eigenvalue weighted by molar-refractivity contribution is 0.0715. The molecule has 1 amide bonds. The summed E-state index contributed by atoms with van der Waals surface area (Å²) in [5.41, 5.74) is 7.83. The topological polar surface area (TPSA) is 89.5 Å². The van der Waals surface area contributed by atoms with Crippen molar-refractivity contribution in [2.45, 2.75) is 88.8 Å². The van der Waals surface area contributed by atoms with Crippen molar-refractivity contribution in [3.8, 4) is 5.75 Å². The van der Waals surface area contributed by atoms with Crippen LogP contribution in [0, 0.1) is 0 Å². The van der Waals surface area contributed by atoms with Crippen molar-refractivity contribution in [3.63, 3.8) is 0 Å². The highest BCUT2D eigenvalue weighted by atomic mass is 35.5. The molecule has 38 heavy (non-hydrogen) atoms. The summed E-state index contributed by atoms with van der Waals surface area (Å²) >= 11 is 0. The normalized spacial score (nSPS) is 25.4. The molecular formula is C28H44Cl2N6O2. The van der Waals surface area contributed by atoms with E-state index in [9.17, 15) is 4.79 Å². The number of nitrogens with zero attached hydrogens (tertiary/aromatic N) is 5. The Labute approximate surface area is 239 Å². The van der Waals surface area contributed by atoms with E-state index in [0.29, 0.717) is 31.4 Å². The first-order valence-corrected chi connectivity index (χ1v) is 14.1. The Morgan fingerprint density at radius 2 is 1.66 bits per heavy atom. The summed E-state index contributed by atoms with van der Waals surface area (Å²) in [5.74, 6) is 0.836. The number of nitrogens with two attached hydrogens (primary N) is 1. The maximum atomic E-state index is 13.5. The monoisotopic (exact) mass is 566 g/mol. The minimum absolute atomic E-state index is 0. The maximum absolute atomic E-state index is 13.5. The van der Waals surface area contributed by atoms with Crippen molar-refractivity contribution < 1.29 is 9.53 Å². The molecule has 5 rings (SSSR count). The molecule has 1 aromatic carbocycles. The summed E-state index contributed by atoms with van der Waals surface area (Å²) in [5, 5.41) is 8.59. The van der Waals surface area contributed by atoms with E-state index in [1.165, 1.54) is 37.8 Å². The largest absolute Gasteiger partial charge is 0.492 e. The van der Waals surface area contributed by atoms with E-state index in [0.717, 1.165) is 57.2 Å². The second-order valence-electron chi connectivity index (χ2n) is 10.9. The molecule has 3 aliphatic rings. The fourth-order valence-electron chi connectivity index (χ4n) is 6.09. The van der Waals surface area contributed by atoms with Gasteiger partial charge in [0.1, 0.15) is 12.4 Å². The number of hydrogen-bond acceptors (Lipinski definition) is 6. The van der Waals surface area contributed by atoms with Gasteiger partial charge in [0.2, 0.25) is 0 Å². The highest BCUT2D eigenvalue weighted by Gasteiger charge is 2.25. The van der Waals surface area contributed by atoms with Crippen LogP contribution in [0.25, 0.3) is 0 Å². The average Bonchev–Trinajstić information content (AvgIpc) is 3.39. The molecule has 2 bridgehead atoms. The third-order valence-corrected chi connectivity index (χ3v) is 8.30. The molecule has 212 valence electrons. The van der Waals surface area contributed by atoms with Crippen LogP contribution in [0.1, 0.15) is 86.3 Å². The minimum Gasteiger partial charge on any atom is -0.492 e. The van der Waals surface area contributed by atoms with E-state index in [2.05, 4.69) is 33.4 Å². The minimum atomic E-state index is -0.0497. The first kappa shape index (κ1) is 30.7. The smallest absolute Gasteiger partial charge is 0.276 e. The lowest BCUT2D eigenvalue weighted by Gasteiger charge is -2.36. The van der Waals surface area contributed by atoms with Gasteiger partial charge in [0.15, 0.2) is 5.69 Å². The molecule has 8 nitrogen and oxygen atoms in total. The van der Waals surface area contributed by atoms with Gasteiger partial charge in [-0.3, -0.25) is 4.79 Å². The Kier molecular flexibility index (Phi) is 12.2. The van der Waals surface area contributed by atoms with Crippen molar-refractivity contribution in [2.24, 2.45) is 5.73 Å². The van der Waals surface area contributed by atoms with Crippen LogP contribution >= 0.6 is 24.8 Å². The quantitative estimate of drug-likeness (QED) is 0.568. The molecular weight excluding hydrogens is 523 g/mol. The number of carbonyl (C=O) groups is 1. The Morgan fingerprint density at radius 1 is 0.895 bits per heavy atom. The Hall–Kier alpha value is -1.87. The number of hydrogen-bond donors (Lipinski definition) is 1. The molecule has 0 radical (unpaired) electrons. The standard InChI is InChI=1S/C28H42N6O2.2ClH/c29-23-10-13-25(14-11-23)34-21-27(30-31-34)28(35)33-17-4-3-16-32-15-2-1-7-24(32)12-9-22-6-5-8-26(20-22)36-19-18-33;;/h5-6,8,20-21,23-25H,1-4,7,9-19,29H2;2*1H. The fourth-order valence-corrected chi connectivity index (χ4v) is 6.09. The average molecular weight is 568 g/mol. The highest BCUT2D eigenvalue weighted by Crippen LogP contribution is 2.27. The molecule has 1 aromatic heterocycles. The van der Waals surface area contributed by atoms with Crippen LogP contribution in [0.5, 0.6) is 5.75 Å². The van der Waals surface area contributed by atoms with Crippen LogP contribution < -0.4 is 10.5 Å². The molecule has 1 saturated heterocycles. The number of ether oxygens (including phenoxy) is 1. The molecule has 1 aliphatic carbocycles. The van der Waals surface area contributed by atoms with Gasteiger partial charge >= 0.3 is 0 Å². The van der Waals surface area contributed by atoms with E-state index in [1.807, 2.05) is 21.8 Å². The highest BCUT2D eigenvalue weighted by molar-refractivity contribution is 5.91. The van der Waals surface area contributed by atoms with Gasteiger partial charge in [-0.05, 0) is 95.0 Å². The third-order valence-electron chi connectivity index (χ3n) is 8.30. The SMILES string of the molecule is Cl.Cl.NC1CCC(n2cc(C(=O)N3CCCCN4CCCCC4CCc4cccc(c4)OCC3)nn2)CC1. The molecule has 1 saturated carbocycles. The van der Waals surface area contributed by atoms with Crippen LogP contribution in [0.2, 0.25) is 0 Å². The molecule has 1 atom stereocenters. The van der Waals surface area contributed by atoms with Crippen LogP contribution in [-0.2, 0) is 6.42 Å². The number of fused-ring (bicyclic) bond motifs is 3. The van der Waals surface area contributed by atoms with Crippen LogP contribution in [0.4, 0.5) is 0 Å². The zero-order chi connectivity index (χ0) is 24.7. The predicted octanol–water partition coefficient (Wildman–Crippen LogP) is 4.67. The molecule has 1 unspecified atom stereocenters. The van der Waals surface area contributed by atoms with Gasteiger partial charge in [-0.1, -0.05) is 23.8 Å². The van der Waals surface area contributed by atoms with Crippen molar-refractivity contribution in [3.05, 3.63) is 41.7 Å². The number of piperidine rings is 1. The lowest BCUT2D eigenvalue weighted by Crippen LogP contribution is -2.41. The predicted molar refractivity (Wildman–Crippen MR) is 155 cm³/mol. The first-order chi connectivity index (χ1) is 17.7. The van der Waals surface area contributed by atoms with E-state index in [4.69, 9.17) is 10.5 Å². The third kappa shape index (κ3) is 8.07. The molecule has 10 heteroatoms. The van der Waals surface area contributed by atoms with Crippen molar-refractivity contribution >= 4 is 30.7 Å². The summed E-state index contributed by atoms with van der Waals surface area (Å²) < 4.78 is 7.98. The summed E-state index contributed by atoms with van der Waals surface area (Å²) in [6.07, 6.45) is 14.1. The van der Waals surface area contributed by atoms with E-state index >= 15 is 0 Å². The Bertz CT molecular complexity index is 997. The van der Waals surface area contributed by atoms with Crippen molar-refractivity contribution in [1.29, 1.82) is 0 Å². The van der Waals surface area contributed by atoms with Gasteiger partial charge in [0.25, 0.3) is 5.91 Å². The number of aryl methyl sites for hydroxylation is 1. The van der Waals surface area contributed by atoms with E-state index in [1.54, 1.807) is 0 Å². The molecule has 2 aliphatic heterocycles. The zero-order valence-electron chi connectivity index (χ0n) is 22.4. The molecule has 2 N–H and O–H groups in total.